The molecule has 0 unspecified atom stereocenters. The maximum absolute atomic E-state index is 5.92. The van der Waals surface area contributed by atoms with E-state index in [1.165, 1.54) is 6.42 Å². The van der Waals surface area contributed by atoms with Crippen LogP contribution in [0.1, 0.15) is 30.2 Å². The van der Waals surface area contributed by atoms with E-state index in [1.54, 1.807) is 0 Å². The molecule has 1 aromatic rings. The Kier molecular flexibility index (Phi) is 7.09. The van der Waals surface area contributed by atoms with Crippen molar-refractivity contribution in [3.05, 3.63) is 17.3 Å². The molecule has 0 saturated carbocycles. The van der Waals surface area contributed by atoms with Crippen LogP contribution in [0.5, 0.6) is 0 Å². The van der Waals surface area contributed by atoms with Gasteiger partial charge >= 0.3 is 0 Å². The van der Waals surface area contributed by atoms with Crippen LogP contribution in [0.3, 0.4) is 0 Å². The first kappa shape index (κ1) is 16.7. The second kappa shape index (κ2) is 7.21. The fourth-order valence-corrected chi connectivity index (χ4v) is 2.03. The number of halogens is 2. The quantitative estimate of drug-likeness (QED) is 0.902. The van der Waals surface area contributed by atoms with Gasteiger partial charge in [-0.15, -0.1) is 24.8 Å². The first-order valence-electron chi connectivity index (χ1n) is 5.56. The number of rotatable bonds is 2. The molecule has 17 heavy (non-hydrogen) atoms. The Hall–Kier alpha value is -0.290. The van der Waals surface area contributed by atoms with Crippen LogP contribution in [0.4, 0.5) is 0 Å². The van der Waals surface area contributed by atoms with E-state index in [0.29, 0.717) is 6.04 Å². The van der Waals surface area contributed by atoms with Crippen LogP contribution in [0.25, 0.3) is 0 Å². The lowest BCUT2D eigenvalue weighted by molar-refractivity contribution is 0.184. The lowest BCUT2D eigenvalue weighted by Gasteiger charge is -2.29. The summed E-state index contributed by atoms with van der Waals surface area (Å²) >= 11 is 0. The van der Waals surface area contributed by atoms with E-state index < -0.39 is 0 Å². The molecule has 100 valence electrons. The molecule has 1 aromatic heterocycles. The number of aryl methyl sites for hydroxylation is 2. The van der Waals surface area contributed by atoms with Gasteiger partial charge in [0.2, 0.25) is 5.89 Å². The van der Waals surface area contributed by atoms with E-state index in [4.69, 9.17) is 10.2 Å². The van der Waals surface area contributed by atoms with Crippen LogP contribution in [0, 0.1) is 13.8 Å². The zero-order chi connectivity index (χ0) is 10.8. The van der Waals surface area contributed by atoms with Gasteiger partial charge in [-0.1, -0.05) is 0 Å². The summed E-state index contributed by atoms with van der Waals surface area (Å²) in [7, 11) is 0. The summed E-state index contributed by atoms with van der Waals surface area (Å²) in [5.74, 6) is 1.74. The fraction of sp³-hybridized carbons (Fsp3) is 0.727. The number of hydrogen-bond acceptors (Lipinski definition) is 4. The summed E-state index contributed by atoms with van der Waals surface area (Å²) in [5.41, 5.74) is 6.91. The monoisotopic (exact) mass is 281 g/mol. The molecule has 1 atom stereocenters. The minimum Gasteiger partial charge on any atom is -0.444 e. The summed E-state index contributed by atoms with van der Waals surface area (Å²) in [5, 5.41) is 0. The number of piperidine rings is 1. The van der Waals surface area contributed by atoms with Crippen LogP contribution in [-0.4, -0.2) is 29.0 Å². The van der Waals surface area contributed by atoms with E-state index in [0.717, 1.165) is 43.4 Å². The molecule has 1 fully saturated rings. The molecule has 0 radical (unpaired) electrons. The first-order valence-corrected chi connectivity index (χ1v) is 5.56. The molecule has 1 aliphatic rings. The Morgan fingerprint density at radius 3 is 2.65 bits per heavy atom. The normalized spacial score (nSPS) is 20.5. The van der Waals surface area contributed by atoms with E-state index in [1.807, 2.05) is 13.8 Å². The third-order valence-electron chi connectivity index (χ3n) is 2.97. The van der Waals surface area contributed by atoms with Gasteiger partial charge in [-0.3, -0.25) is 4.90 Å². The average molecular weight is 282 g/mol. The Bertz CT molecular complexity index is 324. The standard InChI is InChI=1S/C11H19N3O.2ClH/c1-8-9(2)15-11(13-8)7-14-5-3-4-10(12)6-14;;/h10H,3-7,12H2,1-2H3;2*1H/t10-;;/m1../s1. The van der Waals surface area contributed by atoms with Gasteiger partial charge in [0.25, 0.3) is 0 Å². The van der Waals surface area contributed by atoms with Crippen molar-refractivity contribution in [3.63, 3.8) is 0 Å². The molecule has 0 aliphatic carbocycles. The SMILES string of the molecule is Cc1nc(CN2CCC[C@@H](N)C2)oc1C.Cl.Cl. The van der Waals surface area contributed by atoms with Crippen molar-refractivity contribution >= 4 is 24.8 Å². The van der Waals surface area contributed by atoms with Gasteiger partial charge in [-0.05, 0) is 33.2 Å². The number of nitrogens with zero attached hydrogens (tertiary/aromatic N) is 2. The molecule has 0 spiro atoms. The van der Waals surface area contributed by atoms with Crippen LogP contribution in [0.15, 0.2) is 4.42 Å². The molecule has 2 rings (SSSR count). The molecule has 4 nitrogen and oxygen atoms in total. The van der Waals surface area contributed by atoms with Gasteiger partial charge in [-0.25, -0.2) is 4.98 Å². The highest BCUT2D eigenvalue weighted by Gasteiger charge is 2.18. The second-order valence-corrected chi connectivity index (χ2v) is 4.39. The van der Waals surface area contributed by atoms with Crippen molar-refractivity contribution < 1.29 is 4.42 Å². The van der Waals surface area contributed by atoms with Crippen LogP contribution < -0.4 is 5.73 Å². The molecular weight excluding hydrogens is 261 g/mol. The number of aromatic nitrogens is 1. The molecule has 1 saturated heterocycles. The van der Waals surface area contributed by atoms with E-state index in [-0.39, 0.29) is 24.8 Å². The minimum atomic E-state index is 0. The summed E-state index contributed by atoms with van der Waals surface area (Å²) in [6, 6.07) is 0.316. The predicted octanol–water partition coefficient (Wildman–Crippen LogP) is 2.06. The molecule has 2 heterocycles. The van der Waals surface area contributed by atoms with E-state index >= 15 is 0 Å². The average Bonchev–Trinajstić information content (AvgIpc) is 2.45. The number of likely N-dealkylation sites (tertiary alicyclic amines) is 1. The van der Waals surface area contributed by atoms with Crippen LogP contribution >= 0.6 is 24.8 Å². The largest absolute Gasteiger partial charge is 0.444 e. The number of oxazole rings is 1. The summed E-state index contributed by atoms with van der Waals surface area (Å²) in [6.45, 7) is 6.79. The smallest absolute Gasteiger partial charge is 0.208 e. The highest BCUT2D eigenvalue weighted by molar-refractivity contribution is 5.85. The molecule has 0 aromatic carbocycles. The Balaban J connectivity index is 0.00000128. The minimum absolute atomic E-state index is 0. The van der Waals surface area contributed by atoms with Crippen LogP contribution in [0.2, 0.25) is 0 Å². The topological polar surface area (TPSA) is 55.3 Å². The zero-order valence-electron chi connectivity index (χ0n) is 10.3. The van der Waals surface area contributed by atoms with Crippen molar-refractivity contribution in [3.8, 4) is 0 Å². The van der Waals surface area contributed by atoms with Crippen molar-refractivity contribution in [2.75, 3.05) is 13.1 Å². The lowest BCUT2D eigenvalue weighted by Crippen LogP contribution is -2.42. The predicted molar refractivity (Wildman–Crippen MR) is 73.0 cm³/mol. The third kappa shape index (κ3) is 4.47. The molecule has 0 amide bonds. The Morgan fingerprint density at radius 2 is 2.12 bits per heavy atom. The fourth-order valence-electron chi connectivity index (χ4n) is 2.03. The molecule has 1 aliphatic heterocycles. The van der Waals surface area contributed by atoms with E-state index in [9.17, 15) is 0 Å². The Morgan fingerprint density at radius 1 is 1.41 bits per heavy atom. The first-order chi connectivity index (χ1) is 7.15. The summed E-state index contributed by atoms with van der Waals surface area (Å²) in [6.07, 6.45) is 2.32. The van der Waals surface area contributed by atoms with Gasteiger partial charge in [-0.2, -0.15) is 0 Å². The second-order valence-electron chi connectivity index (χ2n) is 4.39. The number of nitrogens with two attached hydrogens (primary N) is 1. The van der Waals surface area contributed by atoms with Gasteiger partial charge in [0.15, 0.2) is 0 Å². The van der Waals surface area contributed by atoms with Crippen molar-refractivity contribution in [1.29, 1.82) is 0 Å². The van der Waals surface area contributed by atoms with Crippen molar-refractivity contribution in [2.24, 2.45) is 5.73 Å². The molecule has 0 bridgehead atoms. The van der Waals surface area contributed by atoms with E-state index in [2.05, 4.69) is 9.88 Å². The maximum Gasteiger partial charge on any atom is 0.208 e. The highest BCUT2D eigenvalue weighted by atomic mass is 35.5. The molecule has 2 N–H and O–H groups in total. The van der Waals surface area contributed by atoms with Crippen molar-refractivity contribution in [1.82, 2.24) is 9.88 Å². The van der Waals surface area contributed by atoms with Gasteiger partial charge in [0.1, 0.15) is 5.76 Å². The highest BCUT2D eigenvalue weighted by Crippen LogP contribution is 2.14. The third-order valence-corrected chi connectivity index (χ3v) is 2.97. The number of hydrogen-bond donors (Lipinski definition) is 1. The van der Waals surface area contributed by atoms with Crippen LogP contribution in [-0.2, 0) is 6.54 Å². The van der Waals surface area contributed by atoms with Crippen molar-refractivity contribution in [2.45, 2.75) is 39.3 Å². The molecule has 6 heteroatoms. The molecular formula is C11H21Cl2N3O. The lowest BCUT2D eigenvalue weighted by atomic mass is 10.1. The maximum atomic E-state index is 5.92. The zero-order valence-corrected chi connectivity index (χ0v) is 11.9. The van der Waals surface area contributed by atoms with Gasteiger partial charge in [0.05, 0.1) is 12.2 Å². The Labute approximate surface area is 115 Å². The summed E-state index contributed by atoms with van der Waals surface area (Å²) < 4.78 is 5.56. The van der Waals surface area contributed by atoms with Gasteiger partial charge in [0, 0.05) is 12.6 Å². The van der Waals surface area contributed by atoms with Gasteiger partial charge < -0.3 is 10.2 Å². The summed E-state index contributed by atoms with van der Waals surface area (Å²) in [4.78, 5) is 6.70.